The van der Waals surface area contributed by atoms with E-state index >= 15 is 0 Å². The van der Waals surface area contributed by atoms with Crippen molar-refractivity contribution in [2.45, 2.75) is 25.3 Å². The summed E-state index contributed by atoms with van der Waals surface area (Å²) in [6.07, 6.45) is 1.01. The van der Waals surface area contributed by atoms with Crippen LogP contribution in [0.5, 0.6) is 5.75 Å². The molecule has 3 nitrogen and oxygen atoms in total. The lowest BCUT2D eigenvalue weighted by Gasteiger charge is -2.09. The van der Waals surface area contributed by atoms with Gasteiger partial charge in [0.05, 0.1) is 0 Å². The summed E-state index contributed by atoms with van der Waals surface area (Å²) in [5, 5.41) is 3.03. The molecule has 0 saturated heterocycles. The first-order valence-corrected chi connectivity index (χ1v) is 7.27. The number of hydrogen-bond acceptors (Lipinski definition) is 2. The van der Waals surface area contributed by atoms with Crippen LogP contribution in [0.3, 0.4) is 0 Å². The molecule has 3 rings (SSSR count). The highest BCUT2D eigenvalue weighted by Gasteiger charge is 2.39. The number of carbonyl (C=O) groups is 1. The van der Waals surface area contributed by atoms with Crippen LogP contribution in [0.25, 0.3) is 0 Å². The van der Waals surface area contributed by atoms with E-state index in [-0.39, 0.29) is 18.6 Å². The third-order valence-electron chi connectivity index (χ3n) is 3.82. The summed E-state index contributed by atoms with van der Waals surface area (Å²) in [6, 6.07) is 18.3. The molecule has 0 radical (unpaired) electrons. The third kappa shape index (κ3) is 3.43. The highest BCUT2D eigenvalue weighted by atomic mass is 16.5. The SMILES string of the molecule is Cc1ccccc1OCC(=O)NC1CC1c1ccccc1. The summed E-state index contributed by atoms with van der Waals surface area (Å²) in [7, 11) is 0. The van der Waals surface area contributed by atoms with Crippen LogP contribution in [-0.2, 0) is 4.79 Å². The quantitative estimate of drug-likeness (QED) is 0.914. The molecule has 2 atom stereocenters. The van der Waals surface area contributed by atoms with Gasteiger partial charge in [0.2, 0.25) is 0 Å². The molecule has 1 N–H and O–H groups in total. The summed E-state index contributed by atoms with van der Waals surface area (Å²) >= 11 is 0. The molecule has 21 heavy (non-hydrogen) atoms. The smallest absolute Gasteiger partial charge is 0.258 e. The molecule has 1 amide bonds. The maximum absolute atomic E-state index is 11.9. The van der Waals surface area contributed by atoms with Gasteiger partial charge in [-0.3, -0.25) is 4.79 Å². The molecule has 3 heteroatoms. The predicted molar refractivity (Wildman–Crippen MR) is 82.4 cm³/mol. The van der Waals surface area contributed by atoms with Crippen molar-refractivity contribution in [3.63, 3.8) is 0 Å². The van der Waals surface area contributed by atoms with Crippen LogP contribution in [-0.4, -0.2) is 18.6 Å². The molecular formula is C18H19NO2. The van der Waals surface area contributed by atoms with E-state index in [1.807, 2.05) is 49.4 Å². The van der Waals surface area contributed by atoms with Crippen molar-refractivity contribution in [2.75, 3.05) is 6.61 Å². The Bertz CT molecular complexity index is 624. The molecule has 1 aliphatic carbocycles. The molecule has 0 heterocycles. The van der Waals surface area contributed by atoms with Gasteiger partial charge in [-0.1, -0.05) is 48.5 Å². The molecular weight excluding hydrogens is 262 g/mol. The van der Waals surface area contributed by atoms with E-state index in [1.54, 1.807) is 0 Å². The van der Waals surface area contributed by atoms with Crippen molar-refractivity contribution in [3.8, 4) is 5.75 Å². The van der Waals surface area contributed by atoms with Crippen LogP contribution < -0.4 is 10.1 Å². The van der Waals surface area contributed by atoms with E-state index in [4.69, 9.17) is 4.74 Å². The molecule has 2 aromatic rings. The summed E-state index contributed by atoms with van der Waals surface area (Å²) in [4.78, 5) is 11.9. The number of benzene rings is 2. The minimum absolute atomic E-state index is 0.0540. The lowest BCUT2D eigenvalue weighted by atomic mass is 10.1. The maximum atomic E-state index is 11.9. The summed E-state index contributed by atoms with van der Waals surface area (Å²) in [5.41, 5.74) is 2.33. The van der Waals surface area contributed by atoms with Gasteiger partial charge in [0.15, 0.2) is 6.61 Å². The molecule has 1 saturated carbocycles. The van der Waals surface area contributed by atoms with Crippen LogP contribution in [0.15, 0.2) is 54.6 Å². The van der Waals surface area contributed by atoms with Crippen molar-refractivity contribution in [1.29, 1.82) is 0 Å². The molecule has 0 aromatic heterocycles. The van der Waals surface area contributed by atoms with Gasteiger partial charge in [0, 0.05) is 12.0 Å². The number of carbonyl (C=O) groups excluding carboxylic acids is 1. The zero-order valence-electron chi connectivity index (χ0n) is 12.1. The van der Waals surface area contributed by atoms with Gasteiger partial charge in [0.25, 0.3) is 5.91 Å². The Morgan fingerprint density at radius 1 is 1.14 bits per heavy atom. The molecule has 0 bridgehead atoms. The molecule has 108 valence electrons. The molecule has 2 aromatic carbocycles. The van der Waals surface area contributed by atoms with E-state index in [1.165, 1.54) is 5.56 Å². The first kappa shape index (κ1) is 13.7. The number of amides is 1. The number of para-hydroxylation sites is 1. The second-order valence-electron chi connectivity index (χ2n) is 5.48. The minimum Gasteiger partial charge on any atom is -0.484 e. The topological polar surface area (TPSA) is 38.3 Å². The number of ether oxygens (including phenoxy) is 1. The maximum Gasteiger partial charge on any atom is 0.258 e. The molecule has 2 unspecified atom stereocenters. The normalized spacial score (nSPS) is 19.9. The molecule has 1 fully saturated rings. The van der Waals surface area contributed by atoms with E-state index in [2.05, 4.69) is 17.4 Å². The lowest BCUT2D eigenvalue weighted by Crippen LogP contribution is -2.31. The van der Waals surface area contributed by atoms with Crippen molar-refractivity contribution >= 4 is 5.91 Å². The van der Waals surface area contributed by atoms with Gasteiger partial charge in [0.1, 0.15) is 5.75 Å². The van der Waals surface area contributed by atoms with Crippen LogP contribution in [0.2, 0.25) is 0 Å². The second kappa shape index (κ2) is 6.00. The number of nitrogens with one attached hydrogen (secondary N) is 1. The fourth-order valence-corrected chi connectivity index (χ4v) is 2.53. The zero-order chi connectivity index (χ0) is 14.7. The first-order valence-electron chi connectivity index (χ1n) is 7.27. The molecule has 1 aliphatic rings. The number of rotatable bonds is 5. The van der Waals surface area contributed by atoms with Gasteiger partial charge < -0.3 is 10.1 Å². The predicted octanol–water partition coefficient (Wildman–Crippen LogP) is 3.05. The average molecular weight is 281 g/mol. The fourth-order valence-electron chi connectivity index (χ4n) is 2.53. The van der Waals surface area contributed by atoms with Gasteiger partial charge in [-0.15, -0.1) is 0 Å². The Morgan fingerprint density at radius 2 is 1.86 bits per heavy atom. The van der Waals surface area contributed by atoms with Crippen molar-refractivity contribution in [3.05, 3.63) is 65.7 Å². The van der Waals surface area contributed by atoms with E-state index in [0.717, 1.165) is 17.7 Å². The minimum atomic E-state index is -0.0540. The average Bonchev–Trinajstić information content (AvgIpc) is 3.26. The van der Waals surface area contributed by atoms with E-state index in [0.29, 0.717) is 5.92 Å². The Kier molecular flexibility index (Phi) is 3.91. The monoisotopic (exact) mass is 281 g/mol. The first-order chi connectivity index (χ1) is 10.2. The van der Waals surface area contributed by atoms with Crippen LogP contribution in [0, 0.1) is 6.92 Å². The van der Waals surface area contributed by atoms with Gasteiger partial charge in [-0.2, -0.15) is 0 Å². The Labute approximate surface area is 124 Å². The Morgan fingerprint density at radius 3 is 2.62 bits per heavy atom. The zero-order valence-corrected chi connectivity index (χ0v) is 12.1. The van der Waals surface area contributed by atoms with Crippen molar-refractivity contribution in [2.24, 2.45) is 0 Å². The van der Waals surface area contributed by atoms with Gasteiger partial charge in [-0.05, 0) is 30.5 Å². The largest absolute Gasteiger partial charge is 0.484 e. The standard InChI is InChI=1S/C18H19NO2/c1-13-7-5-6-10-17(13)21-12-18(20)19-16-11-15(16)14-8-3-2-4-9-14/h2-10,15-16H,11-12H2,1H3,(H,19,20). The van der Waals surface area contributed by atoms with Crippen LogP contribution >= 0.6 is 0 Å². The fraction of sp³-hybridized carbons (Fsp3) is 0.278. The summed E-state index contributed by atoms with van der Waals surface area (Å²) < 4.78 is 5.56. The lowest BCUT2D eigenvalue weighted by molar-refractivity contribution is -0.123. The second-order valence-corrected chi connectivity index (χ2v) is 5.48. The van der Waals surface area contributed by atoms with Crippen molar-refractivity contribution < 1.29 is 9.53 Å². The Hall–Kier alpha value is -2.29. The van der Waals surface area contributed by atoms with Crippen LogP contribution in [0.4, 0.5) is 0 Å². The number of aryl methyl sites for hydroxylation is 1. The number of hydrogen-bond donors (Lipinski definition) is 1. The molecule has 0 spiro atoms. The van der Waals surface area contributed by atoms with E-state index < -0.39 is 0 Å². The Balaban J connectivity index is 1.47. The summed E-state index contributed by atoms with van der Waals surface area (Å²) in [6.45, 7) is 2.04. The van der Waals surface area contributed by atoms with Crippen molar-refractivity contribution in [1.82, 2.24) is 5.32 Å². The van der Waals surface area contributed by atoms with E-state index in [9.17, 15) is 4.79 Å². The summed E-state index contributed by atoms with van der Waals surface area (Å²) in [5.74, 6) is 1.17. The van der Waals surface area contributed by atoms with Gasteiger partial charge in [-0.25, -0.2) is 0 Å². The highest BCUT2D eigenvalue weighted by molar-refractivity contribution is 5.78. The van der Waals surface area contributed by atoms with Crippen LogP contribution in [0.1, 0.15) is 23.5 Å². The highest BCUT2D eigenvalue weighted by Crippen LogP contribution is 2.40. The van der Waals surface area contributed by atoms with Gasteiger partial charge >= 0.3 is 0 Å². The molecule has 0 aliphatic heterocycles. The third-order valence-corrected chi connectivity index (χ3v) is 3.82.